The molecule has 1 heterocycles. The minimum atomic E-state index is -0.301. The van der Waals surface area contributed by atoms with Crippen molar-refractivity contribution in [3.05, 3.63) is 81.1 Å². The minimum Gasteiger partial charge on any atom is -0.311 e. The Kier molecular flexibility index (Phi) is 5.86. The number of anilines is 1. The number of benzene rings is 2. The normalized spacial score (nSPS) is 10.6. The van der Waals surface area contributed by atoms with Crippen molar-refractivity contribution in [2.24, 2.45) is 0 Å². The molecule has 0 unspecified atom stereocenters. The molecule has 2 aromatic carbocycles. The zero-order valence-corrected chi connectivity index (χ0v) is 16.8. The zero-order chi connectivity index (χ0) is 19.4. The van der Waals surface area contributed by atoms with Crippen LogP contribution in [0.25, 0.3) is 11.3 Å². The summed E-state index contributed by atoms with van der Waals surface area (Å²) in [5, 5.41) is 4.38. The van der Waals surface area contributed by atoms with E-state index >= 15 is 0 Å². The molecule has 0 fully saturated rings. The van der Waals surface area contributed by atoms with Gasteiger partial charge < -0.3 is 4.90 Å². The largest absolute Gasteiger partial charge is 0.311 e. The summed E-state index contributed by atoms with van der Waals surface area (Å²) in [4.78, 5) is 26.7. The topological polar surface area (TPSA) is 55.2 Å². The van der Waals surface area contributed by atoms with Crippen LogP contribution in [0.15, 0.2) is 69.9 Å². The van der Waals surface area contributed by atoms with Gasteiger partial charge in [0.1, 0.15) is 6.54 Å². The van der Waals surface area contributed by atoms with E-state index in [1.165, 1.54) is 10.7 Å². The average Bonchev–Trinajstić information content (AvgIpc) is 2.65. The van der Waals surface area contributed by atoms with Gasteiger partial charge >= 0.3 is 0 Å². The van der Waals surface area contributed by atoms with Crippen molar-refractivity contribution in [1.29, 1.82) is 0 Å². The molecule has 0 aliphatic carbocycles. The number of hydrogen-bond donors (Lipinski definition) is 0. The molecule has 3 aromatic rings. The fraction of sp³-hybridized carbons (Fsp3) is 0.190. The van der Waals surface area contributed by atoms with Gasteiger partial charge in [-0.2, -0.15) is 5.10 Å². The molecule has 138 valence electrons. The number of aromatic nitrogens is 2. The fourth-order valence-corrected chi connectivity index (χ4v) is 3.11. The second-order valence-corrected chi connectivity index (χ2v) is 7.11. The summed E-state index contributed by atoms with van der Waals surface area (Å²) in [5.74, 6) is -0.175. The Bertz CT molecular complexity index is 1010. The highest BCUT2D eigenvalue weighted by Gasteiger charge is 2.16. The maximum Gasteiger partial charge on any atom is 0.267 e. The molecule has 5 nitrogen and oxygen atoms in total. The predicted molar refractivity (Wildman–Crippen MR) is 111 cm³/mol. The van der Waals surface area contributed by atoms with Gasteiger partial charge in [0.25, 0.3) is 5.56 Å². The summed E-state index contributed by atoms with van der Waals surface area (Å²) in [6.45, 7) is 4.30. The number of aryl methyl sites for hydroxylation is 1. The second kappa shape index (κ2) is 8.31. The maximum absolute atomic E-state index is 12.8. The van der Waals surface area contributed by atoms with Gasteiger partial charge in [0, 0.05) is 28.3 Å². The second-order valence-electron chi connectivity index (χ2n) is 6.20. The lowest BCUT2D eigenvalue weighted by atomic mass is 10.1. The van der Waals surface area contributed by atoms with Crippen molar-refractivity contribution < 1.29 is 4.79 Å². The first-order valence-corrected chi connectivity index (χ1v) is 9.48. The summed E-state index contributed by atoms with van der Waals surface area (Å²) in [6, 6.07) is 18.5. The molecular formula is C21H20BrN3O2. The molecule has 3 rings (SSSR count). The van der Waals surface area contributed by atoms with Crippen LogP contribution in [0, 0.1) is 6.92 Å². The number of carbonyl (C=O) groups is 1. The predicted octanol–water partition coefficient (Wildman–Crippen LogP) is 4.03. The monoisotopic (exact) mass is 425 g/mol. The standard InChI is InChI=1S/C21H20BrN3O2/c1-3-24(18-6-4-5-15(2)13-18)21(27)14-25-20(26)12-11-19(23-25)16-7-9-17(22)10-8-16/h4-13H,3,14H2,1-2H3. The lowest BCUT2D eigenvalue weighted by Crippen LogP contribution is -2.37. The molecule has 0 N–H and O–H groups in total. The molecule has 0 bridgehead atoms. The zero-order valence-electron chi connectivity index (χ0n) is 15.2. The Morgan fingerprint density at radius 3 is 2.52 bits per heavy atom. The van der Waals surface area contributed by atoms with Gasteiger partial charge in [0.2, 0.25) is 5.91 Å². The van der Waals surface area contributed by atoms with Gasteiger partial charge in [-0.25, -0.2) is 4.68 Å². The molecular weight excluding hydrogens is 406 g/mol. The lowest BCUT2D eigenvalue weighted by molar-refractivity contribution is -0.119. The first-order chi connectivity index (χ1) is 13.0. The Hall–Kier alpha value is -2.73. The van der Waals surface area contributed by atoms with Crippen molar-refractivity contribution in [2.75, 3.05) is 11.4 Å². The van der Waals surface area contributed by atoms with Crippen LogP contribution in [-0.2, 0) is 11.3 Å². The third-order valence-electron chi connectivity index (χ3n) is 4.22. The van der Waals surface area contributed by atoms with Gasteiger partial charge in [-0.3, -0.25) is 9.59 Å². The minimum absolute atomic E-state index is 0.106. The summed E-state index contributed by atoms with van der Waals surface area (Å²) >= 11 is 3.40. The third-order valence-corrected chi connectivity index (χ3v) is 4.75. The van der Waals surface area contributed by atoms with E-state index in [-0.39, 0.29) is 18.0 Å². The van der Waals surface area contributed by atoms with Crippen LogP contribution in [-0.4, -0.2) is 22.2 Å². The Morgan fingerprint density at radius 1 is 1.11 bits per heavy atom. The van der Waals surface area contributed by atoms with E-state index in [0.29, 0.717) is 12.2 Å². The Labute approximate surface area is 166 Å². The summed E-state index contributed by atoms with van der Waals surface area (Å²) in [5.41, 5.74) is 3.12. The molecule has 0 spiro atoms. The van der Waals surface area contributed by atoms with Crippen LogP contribution in [0.4, 0.5) is 5.69 Å². The highest BCUT2D eigenvalue weighted by molar-refractivity contribution is 9.10. The van der Waals surface area contributed by atoms with E-state index in [2.05, 4.69) is 21.0 Å². The van der Waals surface area contributed by atoms with Crippen molar-refractivity contribution in [1.82, 2.24) is 9.78 Å². The van der Waals surface area contributed by atoms with Gasteiger partial charge in [0.05, 0.1) is 5.69 Å². The first kappa shape index (κ1) is 19.0. The van der Waals surface area contributed by atoms with Gasteiger partial charge in [-0.1, -0.05) is 40.2 Å². The molecule has 0 atom stereocenters. The van der Waals surface area contributed by atoms with Gasteiger partial charge in [-0.05, 0) is 49.7 Å². The number of likely N-dealkylation sites (N-methyl/N-ethyl adjacent to an activating group) is 1. The number of rotatable bonds is 5. The smallest absolute Gasteiger partial charge is 0.267 e. The van der Waals surface area contributed by atoms with Crippen molar-refractivity contribution >= 4 is 27.5 Å². The summed E-state index contributed by atoms with van der Waals surface area (Å²) in [6.07, 6.45) is 0. The molecule has 0 aliphatic rings. The molecule has 0 saturated carbocycles. The van der Waals surface area contributed by atoms with E-state index in [1.54, 1.807) is 11.0 Å². The molecule has 1 aromatic heterocycles. The fourth-order valence-electron chi connectivity index (χ4n) is 2.85. The molecule has 0 saturated heterocycles. The van der Waals surface area contributed by atoms with Gasteiger partial charge in [0.15, 0.2) is 0 Å². The summed E-state index contributed by atoms with van der Waals surface area (Å²) < 4.78 is 2.18. The molecule has 27 heavy (non-hydrogen) atoms. The quantitative estimate of drug-likeness (QED) is 0.619. The van der Waals surface area contributed by atoms with Crippen LogP contribution in [0.2, 0.25) is 0 Å². The number of carbonyl (C=O) groups excluding carboxylic acids is 1. The maximum atomic E-state index is 12.8. The number of halogens is 1. The average molecular weight is 426 g/mol. The van der Waals surface area contributed by atoms with Crippen LogP contribution in [0.1, 0.15) is 12.5 Å². The Morgan fingerprint density at radius 2 is 1.85 bits per heavy atom. The number of hydrogen-bond acceptors (Lipinski definition) is 3. The van der Waals surface area contributed by atoms with E-state index in [4.69, 9.17) is 0 Å². The lowest BCUT2D eigenvalue weighted by Gasteiger charge is -2.21. The molecule has 1 amide bonds. The van der Waals surface area contributed by atoms with Crippen LogP contribution in [0.3, 0.4) is 0 Å². The number of amides is 1. The highest BCUT2D eigenvalue weighted by atomic mass is 79.9. The Balaban J connectivity index is 1.87. The molecule has 0 aliphatic heterocycles. The van der Waals surface area contributed by atoms with E-state index in [0.717, 1.165) is 21.3 Å². The van der Waals surface area contributed by atoms with Crippen molar-refractivity contribution in [2.45, 2.75) is 20.4 Å². The van der Waals surface area contributed by atoms with Gasteiger partial charge in [-0.15, -0.1) is 0 Å². The SMILES string of the molecule is CCN(C(=O)Cn1nc(-c2ccc(Br)cc2)ccc1=O)c1cccc(C)c1. The van der Waals surface area contributed by atoms with Crippen molar-refractivity contribution in [3.63, 3.8) is 0 Å². The summed E-state index contributed by atoms with van der Waals surface area (Å²) in [7, 11) is 0. The van der Waals surface area contributed by atoms with E-state index in [1.807, 2.05) is 62.4 Å². The first-order valence-electron chi connectivity index (χ1n) is 8.69. The van der Waals surface area contributed by atoms with Crippen LogP contribution < -0.4 is 10.5 Å². The van der Waals surface area contributed by atoms with E-state index in [9.17, 15) is 9.59 Å². The van der Waals surface area contributed by atoms with Crippen LogP contribution in [0.5, 0.6) is 0 Å². The third kappa shape index (κ3) is 4.52. The van der Waals surface area contributed by atoms with E-state index < -0.39 is 0 Å². The molecule has 0 radical (unpaired) electrons. The van der Waals surface area contributed by atoms with Crippen LogP contribution >= 0.6 is 15.9 Å². The van der Waals surface area contributed by atoms with Crippen molar-refractivity contribution in [3.8, 4) is 11.3 Å². The highest BCUT2D eigenvalue weighted by Crippen LogP contribution is 2.19. The molecule has 6 heteroatoms. The number of nitrogens with zero attached hydrogens (tertiary/aromatic N) is 3.